The van der Waals surface area contributed by atoms with E-state index in [1.807, 2.05) is 0 Å². The van der Waals surface area contributed by atoms with Gasteiger partial charge in [-0.05, 0) is 72.5 Å². The molecule has 3 nitrogen and oxygen atoms in total. The van der Waals surface area contributed by atoms with Gasteiger partial charge >= 0.3 is 15.6 Å². The third-order valence-electron chi connectivity index (χ3n) is 4.54. The largest absolute Gasteiger partial charge is 0.534 e. The zero-order chi connectivity index (χ0) is 24.6. The van der Waals surface area contributed by atoms with Gasteiger partial charge in [0, 0.05) is 5.56 Å². The second-order valence-corrected chi connectivity index (χ2v) is 8.53. The van der Waals surface area contributed by atoms with Gasteiger partial charge < -0.3 is 4.18 Å². The Morgan fingerprint density at radius 1 is 0.758 bits per heavy atom. The Bertz CT molecular complexity index is 1380. The number of benzene rings is 3. The minimum atomic E-state index is -5.82. The number of hydrogen-bond acceptors (Lipinski definition) is 3. The van der Waals surface area contributed by atoms with Gasteiger partial charge in [0.1, 0.15) is 11.6 Å². The van der Waals surface area contributed by atoms with Crippen molar-refractivity contribution < 1.29 is 38.9 Å². The maximum absolute atomic E-state index is 14.5. The van der Waals surface area contributed by atoms with Crippen molar-refractivity contribution in [3.8, 4) is 28.7 Å². The van der Waals surface area contributed by atoms with E-state index in [0.717, 1.165) is 30.3 Å². The zero-order valence-corrected chi connectivity index (χ0v) is 17.8. The Balaban J connectivity index is 1.90. The fourth-order valence-corrected chi connectivity index (χ4v) is 3.39. The summed E-state index contributed by atoms with van der Waals surface area (Å²) in [4.78, 5) is 0. The fourth-order valence-electron chi connectivity index (χ4n) is 2.94. The van der Waals surface area contributed by atoms with E-state index in [9.17, 15) is 34.8 Å². The van der Waals surface area contributed by atoms with Crippen molar-refractivity contribution in [2.24, 2.45) is 0 Å². The van der Waals surface area contributed by atoms with E-state index in [1.165, 1.54) is 32.0 Å². The minimum Gasteiger partial charge on any atom is -0.376 e. The summed E-state index contributed by atoms with van der Waals surface area (Å²) in [6.07, 6.45) is 0. The lowest BCUT2D eigenvalue weighted by atomic mass is 10.0. The molecule has 172 valence electrons. The Labute approximate surface area is 185 Å². The number of aryl methyl sites for hydroxylation is 2. The molecule has 0 N–H and O–H groups in total. The summed E-state index contributed by atoms with van der Waals surface area (Å²) in [5.41, 5.74) is -4.05. The predicted octanol–water partition coefficient (Wildman–Crippen LogP) is 6.02. The van der Waals surface area contributed by atoms with Crippen molar-refractivity contribution >= 4 is 10.1 Å². The van der Waals surface area contributed by atoms with E-state index in [0.29, 0.717) is 22.3 Å². The quantitative estimate of drug-likeness (QED) is 0.198. The van der Waals surface area contributed by atoms with Crippen LogP contribution >= 0.6 is 0 Å². The smallest absolute Gasteiger partial charge is 0.376 e. The fraction of sp³-hybridized carbons (Fsp3) is 0.130. The van der Waals surface area contributed by atoms with Crippen LogP contribution < -0.4 is 4.18 Å². The van der Waals surface area contributed by atoms with Crippen molar-refractivity contribution in [1.29, 1.82) is 0 Å². The predicted molar refractivity (Wildman–Crippen MR) is 109 cm³/mol. The van der Waals surface area contributed by atoms with Crippen LogP contribution in [0.5, 0.6) is 5.75 Å². The molecule has 0 bridgehead atoms. The van der Waals surface area contributed by atoms with Crippen LogP contribution in [0.1, 0.15) is 22.3 Å². The van der Waals surface area contributed by atoms with Crippen LogP contribution in [0.25, 0.3) is 11.1 Å². The molecule has 0 aromatic heterocycles. The molecule has 0 spiro atoms. The molecule has 10 heteroatoms. The van der Waals surface area contributed by atoms with Gasteiger partial charge in [-0.25, -0.2) is 13.2 Å². The van der Waals surface area contributed by atoms with E-state index < -0.39 is 38.8 Å². The SMILES string of the molecule is Cc1cc(OS(=O)(=O)C(F)(F)F)cc(C)c1C#Cc1ccc(-c2ccc(F)c(F)c2)cc1F. The molecular weight excluding hydrogens is 470 g/mol. The van der Waals surface area contributed by atoms with Crippen LogP contribution in [0, 0.1) is 43.1 Å². The van der Waals surface area contributed by atoms with Crippen molar-refractivity contribution in [2.45, 2.75) is 19.4 Å². The first kappa shape index (κ1) is 24.2. The first-order valence-corrected chi connectivity index (χ1v) is 10.6. The highest BCUT2D eigenvalue weighted by atomic mass is 32.2. The number of alkyl halides is 3. The molecule has 0 radical (unpaired) electrons. The number of hydrogen-bond donors (Lipinski definition) is 0. The van der Waals surface area contributed by atoms with Crippen molar-refractivity contribution in [3.63, 3.8) is 0 Å². The number of rotatable bonds is 3. The molecule has 33 heavy (non-hydrogen) atoms. The first-order chi connectivity index (χ1) is 15.3. The molecule has 0 aliphatic carbocycles. The molecule has 0 saturated carbocycles. The summed E-state index contributed by atoms with van der Waals surface area (Å²) in [6.45, 7) is 2.96. The van der Waals surface area contributed by atoms with E-state index >= 15 is 0 Å². The van der Waals surface area contributed by atoms with Crippen molar-refractivity contribution in [3.05, 3.63) is 88.2 Å². The Hall–Kier alpha value is -3.45. The van der Waals surface area contributed by atoms with Gasteiger partial charge in [-0.15, -0.1) is 0 Å². The third-order valence-corrected chi connectivity index (χ3v) is 5.52. The molecule has 0 aliphatic rings. The molecule has 0 amide bonds. The molecule has 0 fully saturated rings. The average molecular weight is 484 g/mol. The van der Waals surface area contributed by atoms with Gasteiger partial charge in [0.25, 0.3) is 0 Å². The first-order valence-electron chi connectivity index (χ1n) is 9.17. The summed E-state index contributed by atoms with van der Waals surface area (Å²) < 4.78 is 105. The molecule has 3 aromatic rings. The highest BCUT2D eigenvalue weighted by Gasteiger charge is 2.48. The molecule has 0 saturated heterocycles. The molecule has 0 unspecified atom stereocenters. The third kappa shape index (κ3) is 5.31. The lowest BCUT2D eigenvalue weighted by Crippen LogP contribution is -2.28. The monoisotopic (exact) mass is 484 g/mol. The van der Waals surface area contributed by atoms with Gasteiger partial charge in [-0.1, -0.05) is 24.0 Å². The zero-order valence-electron chi connectivity index (χ0n) is 17.0. The lowest BCUT2D eigenvalue weighted by molar-refractivity contribution is -0.0500. The molecular formula is C23H14F6O3S. The van der Waals surface area contributed by atoms with Crippen LogP contribution in [-0.4, -0.2) is 13.9 Å². The summed E-state index contributed by atoms with van der Waals surface area (Å²) in [5, 5.41) is 0. The van der Waals surface area contributed by atoms with E-state index in [4.69, 9.17) is 0 Å². The van der Waals surface area contributed by atoms with Gasteiger partial charge in [-0.3, -0.25) is 0 Å². The summed E-state index contributed by atoms with van der Waals surface area (Å²) in [6, 6.07) is 9.23. The second kappa shape index (κ2) is 8.83. The normalized spacial score (nSPS) is 11.6. The highest BCUT2D eigenvalue weighted by Crippen LogP contribution is 2.29. The lowest BCUT2D eigenvalue weighted by Gasteiger charge is -2.12. The number of halogens is 6. The average Bonchev–Trinajstić information content (AvgIpc) is 2.69. The molecule has 0 atom stereocenters. The standard InChI is InChI=1S/C23H14F6O3S/c1-13-9-18(32-33(30,31)23(27,28)29)10-14(2)19(13)7-5-15-3-4-16(11-21(15)25)17-6-8-20(24)22(26)12-17/h3-4,6,8-12H,1-2H3. The van der Waals surface area contributed by atoms with Gasteiger partial charge in [0.2, 0.25) is 0 Å². The van der Waals surface area contributed by atoms with Crippen molar-refractivity contribution in [1.82, 2.24) is 0 Å². The maximum atomic E-state index is 14.5. The Morgan fingerprint density at radius 2 is 1.30 bits per heavy atom. The van der Waals surface area contributed by atoms with E-state index in [1.54, 1.807) is 0 Å². The summed E-state index contributed by atoms with van der Waals surface area (Å²) >= 11 is 0. The molecule has 3 aromatic carbocycles. The van der Waals surface area contributed by atoms with Crippen LogP contribution in [-0.2, 0) is 10.1 Å². The van der Waals surface area contributed by atoms with Crippen LogP contribution in [0.4, 0.5) is 26.3 Å². The summed E-state index contributed by atoms with van der Waals surface area (Å²) in [7, 11) is -5.82. The Kier molecular flexibility index (Phi) is 6.47. The highest BCUT2D eigenvalue weighted by molar-refractivity contribution is 7.88. The molecule has 0 heterocycles. The van der Waals surface area contributed by atoms with E-state index in [2.05, 4.69) is 16.0 Å². The van der Waals surface area contributed by atoms with Gasteiger partial charge in [-0.2, -0.15) is 21.6 Å². The second-order valence-electron chi connectivity index (χ2n) is 6.99. The van der Waals surface area contributed by atoms with Crippen LogP contribution in [0.2, 0.25) is 0 Å². The topological polar surface area (TPSA) is 43.4 Å². The van der Waals surface area contributed by atoms with Crippen molar-refractivity contribution in [2.75, 3.05) is 0 Å². The molecule has 0 aliphatic heterocycles. The van der Waals surface area contributed by atoms with E-state index in [-0.39, 0.29) is 11.1 Å². The summed E-state index contributed by atoms with van der Waals surface area (Å²) in [5.74, 6) is 1.95. The molecule has 3 rings (SSSR count). The van der Waals surface area contributed by atoms with Crippen LogP contribution in [0.3, 0.4) is 0 Å². The Morgan fingerprint density at radius 3 is 1.82 bits per heavy atom. The van der Waals surface area contributed by atoms with Gasteiger partial charge in [0.15, 0.2) is 11.6 Å². The maximum Gasteiger partial charge on any atom is 0.534 e. The van der Waals surface area contributed by atoms with Gasteiger partial charge in [0.05, 0.1) is 5.56 Å². The minimum absolute atomic E-state index is 0.0138. The van der Waals surface area contributed by atoms with Crippen LogP contribution in [0.15, 0.2) is 48.5 Å².